The smallest absolute Gasteiger partial charge is 0.293 e. The number of carboxylic acid groups (broad SMARTS) is 1. The summed E-state index contributed by atoms with van der Waals surface area (Å²) in [5.74, 6) is -1.79. The van der Waals surface area contributed by atoms with Crippen molar-refractivity contribution in [1.82, 2.24) is 5.32 Å². The largest absolute Gasteiger partial charge is 0.545 e. The molecule has 6 nitrogen and oxygen atoms in total. The number of amides is 1. The zero-order valence-electron chi connectivity index (χ0n) is 12.5. The fraction of sp³-hybridized carbons (Fsp3) is 0. The first kappa shape index (κ1) is 16.9. The van der Waals surface area contributed by atoms with Crippen LogP contribution < -0.4 is 15.7 Å². The summed E-state index contributed by atoms with van der Waals surface area (Å²) < 4.78 is 5.44. The molecule has 1 amide bonds. The Bertz CT molecular complexity index is 966. The Kier molecular flexibility index (Phi) is 4.69. The quantitative estimate of drug-likeness (QED) is 0.685. The van der Waals surface area contributed by atoms with E-state index < -0.39 is 11.9 Å². The summed E-state index contributed by atoms with van der Waals surface area (Å²) in [6.45, 7) is 0. The number of hydrogen-bond donors (Lipinski definition) is 2. The molecule has 0 unspecified atom stereocenters. The molecule has 0 fully saturated rings. The van der Waals surface area contributed by atoms with Gasteiger partial charge in [-0.25, -0.2) is 0 Å². The number of carboxylic acids is 1. The Labute approximate surface area is 152 Å². The molecule has 2 aromatic carbocycles. The van der Waals surface area contributed by atoms with Gasteiger partial charge in [-0.3, -0.25) is 10.1 Å². The number of rotatable bonds is 3. The normalized spacial score (nSPS) is 10.4. The predicted octanol–water partition coefficient (Wildman–Crippen LogP) is 2.58. The molecule has 126 valence electrons. The molecule has 0 aliphatic heterocycles. The monoisotopic (exact) mass is 373 g/mol. The molecule has 3 aromatic rings. The highest BCUT2D eigenvalue weighted by Crippen LogP contribution is 2.23. The maximum Gasteiger partial charge on any atom is 0.293 e. The van der Waals surface area contributed by atoms with Gasteiger partial charge in [0.15, 0.2) is 10.9 Å². The standard InChI is InChI=1S/C17H11ClN2O4S/c18-11-6-5-10(16(22)23)7-12(11)19-17(25)20-15(21)14-8-9-3-1-2-4-13(9)24-14/h1-8H,(H,22,23)(H2,19,20,21,25)/p-1. The summed E-state index contributed by atoms with van der Waals surface area (Å²) in [5.41, 5.74) is 0.743. The second kappa shape index (κ2) is 6.92. The van der Waals surface area contributed by atoms with Crippen LogP contribution in [0.25, 0.3) is 11.0 Å². The Morgan fingerprint density at radius 1 is 1.12 bits per heavy atom. The first-order valence-electron chi connectivity index (χ1n) is 7.06. The first-order valence-corrected chi connectivity index (χ1v) is 7.84. The SMILES string of the molecule is O=C([O-])c1ccc(Cl)c(NC(=S)NC(=O)c2cc3ccccc3o2)c1. The van der Waals surface area contributed by atoms with Crippen LogP contribution in [-0.2, 0) is 0 Å². The maximum atomic E-state index is 12.2. The Balaban J connectivity index is 1.73. The Hall–Kier alpha value is -2.90. The van der Waals surface area contributed by atoms with E-state index in [4.69, 9.17) is 28.2 Å². The summed E-state index contributed by atoms with van der Waals surface area (Å²) in [6, 6.07) is 12.7. The van der Waals surface area contributed by atoms with E-state index in [0.717, 1.165) is 5.39 Å². The van der Waals surface area contributed by atoms with Crippen LogP contribution in [0.3, 0.4) is 0 Å². The Morgan fingerprint density at radius 3 is 2.60 bits per heavy atom. The van der Waals surface area contributed by atoms with Crippen LogP contribution in [0.1, 0.15) is 20.9 Å². The van der Waals surface area contributed by atoms with Crippen molar-refractivity contribution in [3.05, 3.63) is 64.9 Å². The zero-order chi connectivity index (χ0) is 18.0. The lowest BCUT2D eigenvalue weighted by atomic mass is 10.2. The van der Waals surface area contributed by atoms with Gasteiger partial charge in [-0.1, -0.05) is 35.9 Å². The molecule has 0 aliphatic carbocycles. The summed E-state index contributed by atoms with van der Waals surface area (Å²) in [5, 5.41) is 17.0. The number of para-hydroxylation sites is 1. The van der Waals surface area contributed by atoms with Crippen molar-refractivity contribution in [3.63, 3.8) is 0 Å². The molecule has 2 N–H and O–H groups in total. The second-order valence-corrected chi connectivity index (χ2v) is 5.85. The lowest BCUT2D eigenvalue weighted by molar-refractivity contribution is -0.255. The molecule has 1 aromatic heterocycles. The van der Waals surface area contributed by atoms with Gasteiger partial charge in [-0.2, -0.15) is 0 Å². The van der Waals surface area contributed by atoms with Crippen LogP contribution in [0.2, 0.25) is 5.02 Å². The number of fused-ring (bicyclic) bond motifs is 1. The lowest BCUT2D eigenvalue weighted by Crippen LogP contribution is -2.34. The van der Waals surface area contributed by atoms with E-state index in [2.05, 4.69) is 10.6 Å². The number of hydrogen-bond acceptors (Lipinski definition) is 5. The summed E-state index contributed by atoms with van der Waals surface area (Å²) in [6.07, 6.45) is 0. The number of furan rings is 1. The molecule has 1 heterocycles. The molecule has 0 bridgehead atoms. The topological polar surface area (TPSA) is 94.4 Å². The van der Waals surface area contributed by atoms with Crippen molar-refractivity contribution in [1.29, 1.82) is 0 Å². The molecule has 0 aliphatic rings. The number of nitrogens with one attached hydrogen (secondary N) is 2. The van der Waals surface area contributed by atoms with Crippen molar-refractivity contribution in [2.45, 2.75) is 0 Å². The van der Waals surface area contributed by atoms with Crippen LogP contribution in [0, 0.1) is 0 Å². The third kappa shape index (κ3) is 3.78. The summed E-state index contributed by atoms with van der Waals surface area (Å²) in [7, 11) is 0. The number of thiocarbonyl (C=S) groups is 1. The molecule has 0 saturated carbocycles. The average Bonchev–Trinajstić information content (AvgIpc) is 3.01. The van der Waals surface area contributed by atoms with E-state index in [1.807, 2.05) is 12.1 Å². The molecule has 0 radical (unpaired) electrons. The van der Waals surface area contributed by atoms with E-state index in [0.29, 0.717) is 5.58 Å². The molecule has 0 saturated heterocycles. The third-order valence-electron chi connectivity index (χ3n) is 3.33. The van der Waals surface area contributed by atoms with Crippen LogP contribution in [0.15, 0.2) is 52.9 Å². The highest BCUT2D eigenvalue weighted by molar-refractivity contribution is 7.80. The highest BCUT2D eigenvalue weighted by atomic mass is 35.5. The van der Waals surface area contributed by atoms with E-state index in [1.165, 1.54) is 18.2 Å². The molecule has 0 atom stereocenters. The van der Waals surface area contributed by atoms with Gasteiger partial charge >= 0.3 is 0 Å². The van der Waals surface area contributed by atoms with Gasteiger partial charge in [0.2, 0.25) is 0 Å². The maximum absolute atomic E-state index is 12.2. The van der Waals surface area contributed by atoms with Gasteiger partial charge in [0.25, 0.3) is 5.91 Å². The summed E-state index contributed by atoms with van der Waals surface area (Å²) >= 11 is 11.0. The van der Waals surface area contributed by atoms with Gasteiger partial charge in [-0.15, -0.1) is 0 Å². The molecule has 0 spiro atoms. The van der Waals surface area contributed by atoms with Gasteiger partial charge in [0.05, 0.1) is 16.7 Å². The van der Waals surface area contributed by atoms with Crippen LogP contribution >= 0.6 is 23.8 Å². The van der Waals surface area contributed by atoms with Crippen molar-refractivity contribution < 1.29 is 19.1 Å². The molecule has 3 rings (SSSR count). The van der Waals surface area contributed by atoms with Gasteiger partial charge in [0.1, 0.15) is 5.58 Å². The fourth-order valence-electron chi connectivity index (χ4n) is 2.16. The minimum absolute atomic E-state index is 0.0529. The average molecular weight is 374 g/mol. The molecule has 8 heteroatoms. The van der Waals surface area contributed by atoms with Crippen molar-refractivity contribution >= 4 is 57.5 Å². The number of aromatic carboxylic acids is 1. The van der Waals surface area contributed by atoms with Crippen molar-refractivity contribution in [2.24, 2.45) is 0 Å². The Morgan fingerprint density at radius 2 is 1.88 bits per heavy atom. The predicted molar refractivity (Wildman–Crippen MR) is 95.7 cm³/mol. The van der Waals surface area contributed by atoms with Gasteiger partial charge in [-0.05, 0) is 42.0 Å². The number of carbonyl (C=O) groups is 2. The fourth-order valence-corrected chi connectivity index (χ4v) is 2.53. The number of carbonyl (C=O) groups excluding carboxylic acids is 2. The first-order chi connectivity index (χ1) is 11.9. The summed E-state index contributed by atoms with van der Waals surface area (Å²) in [4.78, 5) is 23.1. The van der Waals surface area contributed by atoms with Gasteiger partial charge in [0, 0.05) is 5.39 Å². The molecule has 25 heavy (non-hydrogen) atoms. The molecular weight excluding hydrogens is 364 g/mol. The third-order valence-corrected chi connectivity index (χ3v) is 3.86. The number of anilines is 1. The second-order valence-electron chi connectivity index (χ2n) is 5.04. The highest BCUT2D eigenvalue weighted by Gasteiger charge is 2.14. The van der Waals surface area contributed by atoms with Crippen LogP contribution in [0.4, 0.5) is 5.69 Å². The minimum atomic E-state index is -1.35. The van der Waals surface area contributed by atoms with E-state index in [1.54, 1.807) is 18.2 Å². The minimum Gasteiger partial charge on any atom is -0.545 e. The lowest BCUT2D eigenvalue weighted by Gasteiger charge is -2.12. The number of halogens is 1. The van der Waals surface area contributed by atoms with Crippen molar-refractivity contribution in [2.75, 3.05) is 5.32 Å². The van der Waals surface area contributed by atoms with E-state index >= 15 is 0 Å². The zero-order valence-corrected chi connectivity index (χ0v) is 14.1. The number of benzene rings is 2. The van der Waals surface area contributed by atoms with E-state index in [9.17, 15) is 14.7 Å². The van der Waals surface area contributed by atoms with Crippen molar-refractivity contribution in [3.8, 4) is 0 Å². The van der Waals surface area contributed by atoms with E-state index in [-0.39, 0.29) is 27.1 Å². The van der Waals surface area contributed by atoms with Gasteiger partial charge < -0.3 is 19.6 Å². The van der Waals surface area contributed by atoms with Crippen LogP contribution in [-0.4, -0.2) is 17.0 Å². The van der Waals surface area contributed by atoms with Crippen LogP contribution in [0.5, 0.6) is 0 Å². The molecular formula is C17H10ClN2O4S-.